The maximum atomic E-state index is 12.6. The van der Waals surface area contributed by atoms with Gasteiger partial charge < -0.3 is 19.3 Å². The van der Waals surface area contributed by atoms with Crippen molar-refractivity contribution in [3.8, 4) is 11.5 Å². The molecule has 1 fully saturated rings. The summed E-state index contributed by atoms with van der Waals surface area (Å²) in [6, 6.07) is 12.4. The third-order valence-electron chi connectivity index (χ3n) is 5.40. The van der Waals surface area contributed by atoms with Crippen molar-refractivity contribution in [1.82, 2.24) is 9.88 Å². The van der Waals surface area contributed by atoms with Gasteiger partial charge in [-0.15, -0.1) is 11.8 Å². The molecule has 0 bridgehead atoms. The Morgan fingerprint density at radius 1 is 1.06 bits per heavy atom. The Balaban J connectivity index is 1.32. The lowest BCUT2D eigenvalue weighted by Gasteiger charge is -2.34. The predicted molar refractivity (Wildman–Crippen MR) is 128 cm³/mol. The van der Waals surface area contributed by atoms with E-state index in [9.17, 15) is 4.79 Å². The number of nitrogens with zero attached hydrogens (tertiary/aromatic N) is 3. The van der Waals surface area contributed by atoms with Gasteiger partial charge in [0.1, 0.15) is 5.52 Å². The van der Waals surface area contributed by atoms with Gasteiger partial charge in [-0.1, -0.05) is 29.0 Å². The van der Waals surface area contributed by atoms with Crippen molar-refractivity contribution in [2.24, 2.45) is 0 Å². The number of rotatable bonds is 7. The van der Waals surface area contributed by atoms with Crippen LogP contribution >= 0.6 is 23.1 Å². The number of hydrogen-bond acceptors (Lipinski definition) is 7. The zero-order chi connectivity index (χ0) is 21.8. The summed E-state index contributed by atoms with van der Waals surface area (Å²) in [4.78, 5) is 22.9. The Bertz CT molecular complexity index is 1040. The molecule has 2 aromatic carbocycles. The van der Waals surface area contributed by atoms with Crippen LogP contribution in [0.25, 0.3) is 10.2 Å². The predicted octanol–water partition coefficient (Wildman–Crippen LogP) is 4.45. The largest absolute Gasteiger partial charge is 0.493 e. The molecule has 0 aliphatic carbocycles. The molecule has 2 heterocycles. The van der Waals surface area contributed by atoms with Crippen molar-refractivity contribution >= 4 is 44.4 Å². The lowest BCUT2D eigenvalue weighted by Crippen LogP contribution is -2.48. The van der Waals surface area contributed by atoms with Crippen LogP contribution in [-0.2, 0) is 4.79 Å². The first-order chi connectivity index (χ1) is 15.1. The number of anilines is 1. The topological polar surface area (TPSA) is 54.9 Å². The summed E-state index contributed by atoms with van der Waals surface area (Å²) in [5.74, 6) is 2.39. The van der Waals surface area contributed by atoms with Crippen molar-refractivity contribution in [1.29, 1.82) is 0 Å². The van der Waals surface area contributed by atoms with E-state index in [1.54, 1.807) is 37.3 Å². The fraction of sp³-hybridized carbons (Fsp3) is 0.391. The summed E-state index contributed by atoms with van der Waals surface area (Å²) in [6.45, 7) is 5.11. The van der Waals surface area contributed by atoms with Gasteiger partial charge in [0.05, 0.1) is 18.9 Å². The zero-order valence-electron chi connectivity index (χ0n) is 18.1. The number of hydrogen-bond donors (Lipinski definition) is 0. The molecule has 1 aliphatic heterocycles. The monoisotopic (exact) mass is 457 g/mol. The summed E-state index contributed by atoms with van der Waals surface area (Å²) in [5, 5.41) is 0.962. The number of amides is 1. The van der Waals surface area contributed by atoms with E-state index >= 15 is 0 Å². The first kappa shape index (κ1) is 21.8. The highest BCUT2D eigenvalue weighted by atomic mass is 32.2. The SMILES string of the molecule is COc1ccc2sc(N3CCN(C(=O)CCSc4ccc(C)cc4)CC3)nc2c1OC. The van der Waals surface area contributed by atoms with Crippen molar-refractivity contribution in [3.63, 3.8) is 0 Å². The number of thioether (sulfide) groups is 1. The van der Waals surface area contributed by atoms with Gasteiger partial charge in [0.15, 0.2) is 16.6 Å². The number of carbonyl (C=O) groups is 1. The summed E-state index contributed by atoms with van der Waals surface area (Å²) >= 11 is 3.39. The molecule has 0 saturated carbocycles. The Labute approximate surface area is 191 Å². The number of carbonyl (C=O) groups excluding carboxylic acids is 1. The second kappa shape index (κ2) is 9.78. The van der Waals surface area contributed by atoms with E-state index in [1.165, 1.54) is 10.5 Å². The third-order valence-corrected chi connectivity index (χ3v) is 7.49. The van der Waals surface area contributed by atoms with Crippen molar-refractivity contribution < 1.29 is 14.3 Å². The van der Waals surface area contributed by atoms with Crippen molar-refractivity contribution in [3.05, 3.63) is 42.0 Å². The number of ether oxygens (including phenoxy) is 2. The van der Waals surface area contributed by atoms with Crippen LogP contribution in [0.5, 0.6) is 11.5 Å². The molecule has 0 spiro atoms. The highest BCUT2D eigenvalue weighted by Crippen LogP contribution is 2.40. The molecular formula is C23H27N3O3S2. The van der Waals surface area contributed by atoms with Crippen molar-refractivity contribution in [2.45, 2.75) is 18.2 Å². The quantitative estimate of drug-likeness (QED) is 0.489. The van der Waals surface area contributed by atoms with Gasteiger partial charge in [0.25, 0.3) is 0 Å². The minimum Gasteiger partial charge on any atom is -0.493 e. The van der Waals surface area contributed by atoms with Crippen LogP contribution < -0.4 is 14.4 Å². The third kappa shape index (κ3) is 4.91. The average molecular weight is 458 g/mol. The molecule has 164 valence electrons. The van der Waals surface area contributed by atoms with Crippen LogP contribution in [0.15, 0.2) is 41.3 Å². The molecule has 4 rings (SSSR count). The van der Waals surface area contributed by atoms with Gasteiger partial charge in [-0.25, -0.2) is 4.98 Å². The number of thiazole rings is 1. The maximum Gasteiger partial charge on any atom is 0.223 e. The first-order valence-electron chi connectivity index (χ1n) is 10.3. The second-order valence-corrected chi connectivity index (χ2v) is 9.60. The minimum absolute atomic E-state index is 0.231. The molecule has 8 heteroatoms. The Morgan fingerprint density at radius 3 is 2.48 bits per heavy atom. The van der Waals surface area contributed by atoms with Crippen LogP contribution in [0.1, 0.15) is 12.0 Å². The molecule has 1 amide bonds. The number of piperazine rings is 1. The van der Waals surface area contributed by atoms with E-state index in [0.717, 1.165) is 47.3 Å². The number of aryl methyl sites for hydroxylation is 1. The fourth-order valence-electron chi connectivity index (χ4n) is 3.63. The Morgan fingerprint density at radius 2 is 1.81 bits per heavy atom. The molecule has 6 nitrogen and oxygen atoms in total. The molecule has 1 saturated heterocycles. The number of benzene rings is 2. The van der Waals surface area contributed by atoms with E-state index in [4.69, 9.17) is 14.5 Å². The van der Waals surface area contributed by atoms with Gasteiger partial charge in [-0.2, -0.15) is 0 Å². The van der Waals surface area contributed by atoms with Crippen LogP contribution in [0.2, 0.25) is 0 Å². The van der Waals surface area contributed by atoms with E-state index in [2.05, 4.69) is 36.1 Å². The van der Waals surface area contributed by atoms with E-state index in [-0.39, 0.29) is 5.91 Å². The lowest BCUT2D eigenvalue weighted by atomic mass is 10.2. The molecule has 1 aromatic heterocycles. The van der Waals surface area contributed by atoms with E-state index in [0.29, 0.717) is 17.9 Å². The number of aromatic nitrogens is 1. The molecule has 1 aliphatic rings. The van der Waals surface area contributed by atoms with Gasteiger partial charge in [-0.05, 0) is 31.2 Å². The fourth-order valence-corrected chi connectivity index (χ4v) is 5.49. The normalized spacial score (nSPS) is 14.2. The molecule has 3 aromatic rings. The number of methoxy groups -OCH3 is 2. The summed E-state index contributed by atoms with van der Waals surface area (Å²) in [6.07, 6.45) is 0.566. The Hall–Kier alpha value is -2.45. The maximum absolute atomic E-state index is 12.6. The molecule has 0 atom stereocenters. The molecule has 0 radical (unpaired) electrons. The Kier molecular flexibility index (Phi) is 6.87. The molecular weight excluding hydrogens is 430 g/mol. The van der Waals surface area contributed by atoms with E-state index in [1.807, 2.05) is 17.0 Å². The first-order valence-corrected chi connectivity index (χ1v) is 12.1. The average Bonchev–Trinajstić information content (AvgIpc) is 3.24. The second-order valence-electron chi connectivity index (χ2n) is 7.42. The van der Waals surface area contributed by atoms with Gasteiger partial charge in [0, 0.05) is 43.2 Å². The summed E-state index contributed by atoms with van der Waals surface area (Å²) < 4.78 is 12.0. The van der Waals surface area contributed by atoms with E-state index < -0.39 is 0 Å². The smallest absolute Gasteiger partial charge is 0.223 e. The standard InChI is InChI=1S/C23H27N3O3S2/c1-16-4-6-17(7-5-16)30-15-10-20(27)25-11-13-26(14-12-25)23-24-21-19(31-23)9-8-18(28-2)22(21)29-3/h4-9H,10-15H2,1-3H3. The summed E-state index contributed by atoms with van der Waals surface area (Å²) in [7, 11) is 3.27. The number of fused-ring (bicyclic) bond motifs is 1. The van der Waals surface area contributed by atoms with Crippen LogP contribution in [0.4, 0.5) is 5.13 Å². The molecule has 0 N–H and O–H groups in total. The van der Waals surface area contributed by atoms with Crippen molar-refractivity contribution in [2.75, 3.05) is 51.1 Å². The van der Waals surface area contributed by atoms with Crippen LogP contribution in [0, 0.1) is 6.92 Å². The van der Waals surface area contributed by atoms with Crippen LogP contribution in [0.3, 0.4) is 0 Å². The highest BCUT2D eigenvalue weighted by molar-refractivity contribution is 7.99. The van der Waals surface area contributed by atoms with Gasteiger partial charge in [-0.3, -0.25) is 4.79 Å². The minimum atomic E-state index is 0.231. The zero-order valence-corrected chi connectivity index (χ0v) is 19.7. The van der Waals surface area contributed by atoms with Gasteiger partial charge >= 0.3 is 0 Å². The van der Waals surface area contributed by atoms with Crippen LogP contribution in [-0.4, -0.2) is 61.9 Å². The molecule has 31 heavy (non-hydrogen) atoms. The highest BCUT2D eigenvalue weighted by Gasteiger charge is 2.24. The molecule has 0 unspecified atom stereocenters. The summed E-state index contributed by atoms with van der Waals surface area (Å²) in [5.41, 5.74) is 2.08. The van der Waals surface area contributed by atoms with Gasteiger partial charge in [0.2, 0.25) is 5.91 Å². The lowest BCUT2D eigenvalue weighted by molar-refractivity contribution is -0.131.